The van der Waals surface area contributed by atoms with Gasteiger partial charge in [-0.2, -0.15) is 13.2 Å². The van der Waals surface area contributed by atoms with E-state index < -0.39 is 12.8 Å². The van der Waals surface area contributed by atoms with Crippen LogP contribution in [0.2, 0.25) is 0 Å². The Bertz CT molecular complexity index is 915. The summed E-state index contributed by atoms with van der Waals surface area (Å²) in [4.78, 5) is 14.7. The minimum atomic E-state index is -4.43. The van der Waals surface area contributed by atoms with Crippen LogP contribution in [0.25, 0.3) is 0 Å². The van der Waals surface area contributed by atoms with Gasteiger partial charge in [-0.05, 0) is 35.2 Å². The molecule has 1 aliphatic heterocycles. The maximum absolute atomic E-state index is 12.4. The van der Waals surface area contributed by atoms with Crippen molar-refractivity contribution in [3.63, 3.8) is 0 Å². The zero-order valence-electron chi connectivity index (χ0n) is 18.6. The highest BCUT2D eigenvalue weighted by atomic mass is 19.4. The molecule has 180 valence electrons. The van der Waals surface area contributed by atoms with Gasteiger partial charge in [-0.25, -0.2) is 0 Å². The smallest absolute Gasteiger partial charge is 0.422 e. The minimum absolute atomic E-state index is 0.0138. The van der Waals surface area contributed by atoms with Crippen molar-refractivity contribution < 1.29 is 32.2 Å². The van der Waals surface area contributed by atoms with E-state index in [2.05, 4.69) is 16.3 Å². The van der Waals surface area contributed by atoms with E-state index in [1.807, 2.05) is 18.2 Å². The number of nitrogens with zero attached hydrogens (tertiary/aromatic N) is 1. The molecule has 0 radical (unpaired) electrons. The molecule has 33 heavy (non-hydrogen) atoms. The number of carbonyl (C=O) groups is 1. The van der Waals surface area contributed by atoms with E-state index in [0.717, 1.165) is 44.0 Å². The lowest BCUT2D eigenvalue weighted by Gasteiger charge is -2.27. The summed E-state index contributed by atoms with van der Waals surface area (Å²) in [5, 5.41) is 2.96. The van der Waals surface area contributed by atoms with Crippen LogP contribution < -0.4 is 14.8 Å². The topological polar surface area (TPSA) is 60.0 Å². The van der Waals surface area contributed by atoms with Crippen molar-refractivity contribution in [3.8, 4) is 11.5 Å². The molecular weight excluding hydrogens is 437 g/mol. The molecule has 1 heterocycles. The number of nitrogens with one attached hydrogen (secondary N) is 1. The Labute approximate surface area is 191 Å². The SMILES string of the molecule is COc1cc(CCC(=O)NCc2ccccc2CN2CCOCC2)ccc1OCC(F)(F)F. The molecule has 0 aliphatic carbocycles. The highest BCUT2D eigenvalue weighted by molar-refractivity contribution is 5.76. The number of carbonyl (C=O) groups excluding carboxylic acids is 1. The molecule has 0 atom stereocenters. The summed E-state index contributed by atoms with van der Waals surface area (Å²) >= 11 is 0. The van der Waals surface area contributed by atoms with Crippen molar-refractivity contribution in [2.45, 2.75) is 32.1 Å². The number of methoxy groups -OCH3 is 1. The number of aryl methyl sites for hydroxylation is 1. The number of amides is 1. The van der Waals surface area contributed by atoms with E-state index >= 15 is 0 Å². The molecule has 9 heteroatoms. The Hall–Kier alpha value is -2.78. The molecule has 6 nitrogen and oxygen atoms in total. The first-order valence-electron chi connectivity index (χ1n) is 10.8. The largest absolute Gasteiger partial charge is 0.493 e. The van der Waals surface area contributed by atoms with Gasteiger partial charge in [-0.1, -0.05) is 30.3 Å². The Morgan fingerprint density at radius 2 is 1.82 bits per heavy atom. The number of rotatable bonds is 10. The first kappa shape index (κ1) is 24.9. The first-order valence-corrected chi connectivity index (χ1v) is 10.8. The molecule has 1 saturated heterocycles. The van der Waals surface area contributed by atoms with Crippen molar-refractivity contribution in [2.24, 2.45) is 0 Å². The minimum Gasteiger partial charge on any atom is -0.493 e. The molecule has 2 aromatic rings. The van der Waals surface area contributed by atoms with Crippen molar-refractivity contribution in [3.05, 3.63) is 59.2 Å². The van der Waals surface area contributed by atoms with Gasteiger partial charge in [-0.3, -0.25) is 9.69 Å². The van der Waals surface area contributed by atoms with E-state index in [9.17, 15) is 18.0 Å². The lowest BCUT2D eigenvalue weighted by molar-refractivity contribution is -0.153. The van der Waals surface area contributed by atoms with Gasteiger partial charge < -0.3 is 19.5 Å². The van der Waals surface area contributed by atoms with Crippen LogP contribution in [-0.4, -0.2) is 57.0 Å². The Morgan fingerprint density at radius 3 is 2.52 bits per heavy atom. The normalized spacial score (nSPS) is 14.7. The maximum atomic E-state index is 12.4. The van der Waals surface area contributed by atoms with Gasteiger partial charge in [0.2, 0.25) is 5.91 Å². The van der Waals surface area contributed by atoms with E-state index in [1.165, 1.54) is 18.7 Å². The van der Waals surface area contributed by atoms with Crippen LogP contribution in [0.5, 0.6) is 11.5 Å². The monoisotopic (exact) mass is 466 g/mol. The molecule has 3 rings (SSSR count). The van der Waals surface area contributed by atoms with Crippen LogP contribution in [0.1, 0.15) is 23.1 Å². The van der Waals surface area contributed by atoms with Crippen LogP contribution in [-0.2, 0) is 29.0 Å². The van der Waals surface area contributed by atoms with E-state index in [4.69, 9.17) is 14.2 Å². The fraction of sp³-hybridized carbons (Fsp3) is 0.458. The Kier molecular flexibility index (Phi) is 8.96. The molecule has 1 amide bonds. The third-order valence-electron chi connectivity index (χ3n) is 5.35. The highest BCUT2D eigenvalue weighted by Crippen LogP contribution is 2.30. The molecule has 1 aliphatic rings. The number of hydrogen-bond acceptors (Lipinski definition) is 5. The van der Waals surface area contributed by atoms with Crippen LogP contribution in [0.15, 0.2) is 42.5 Å². The van der Waals surface area contributed by atoms with Crippen molar-refractivity contribution in [1.82, 2.24) is 10.2 Å². The van der Waals surface area contributed by atoms with Crippen LogP contribution >= 0.6 is 0 Å². The van der Waals surface area contributed by atoms with E-state index in [-0.39, 0.29) is 23.8 Å². The summed E-state index contributed by atoms with van der Waals surface area (Å²) in [6, 6.07) is 12.7. The molecule has 1 fully saturated rings. The number of morpholine rings is 1. The fourth-order valence-electron chi connectivity index (χ4n) is 3.57. The van der Waals surface area contributed by atoms with Crippen molar-refractivity contribution >= 4 is 5.91 Å². The second-order valence-electron chi connectivity index (χ2n) is 7.82. The van der Waals surface area contributed by atoms with Crippen molar-refractivity contribution in [2.75, 3.05) is 40.0 Å². The zero-order chi connectivity index (χ0) is 23.7. The molecule has 0 unspecified atom stereocenters. The average molecular weight is 467 g/mol. The standard InChI is InChI=1S/C24H29F3N2O4/c1-31-22-14-18(6-8-21(22)33-17-24(25,26)27)7-9-23(30)28-15-19-4-2-3-5-20(19)16-29-10-12-32-13-11-29/h2-6,8,14H,7,9-13,15-17H2,1H3,(H,28,30). The molecule has 0 spiro atoms. The number of ether oxygens (including phenoxy) is 3. The summed E-state index contributed by atoms with van der Waals surface area (Å²) in [5.74, 6) is 0.113. The number of hydrogen-bond donors (Lipinski definition) is 1. The summed E-state index contributed by atoms with van der Waals surface area (Å²) in [6.07, 6.45) is -3.75. The Balaban J connectivity index is 1.50. The number of alkyl halides is 3. The average Bonchev–Trinajstić information content (AvgIpc) is 2.81. The highest BCUT2D eigenvalue weighted by Gasteiger charge is 2.29. The number of halogens is 3. The predicted molar refractivity (Wildman–Crippen MR) is 117 cm³/mol. The molecule has 0 saturated carbocycles. The van der Waals surface area contributed by atoms with Crippen molar-refractivity contribution in [1.29, 1.82) is 0 Å². The molecule has 0 aromatic heterocycles. The quantitative estimate of drug-likeness (QED) is 0.579. The molecule has 0 bridgehead atoms. The van der Waals surface area contributed by atoms with Crippen LogP contribution in [0.3, 0.4) is 0 Å². The van der Waals surface area contributed by atoms with Gasteiger partial charge in [0.05, 0.1) is 20.3 Å². The van der Waals surface area contributed by atoms with Gasteiger partial charge in [-0.15, -0.1) is 0 Å². The van der Waals surface area contributed by atoms with E-state index in [0.29, 0.717) is 13.0 Å². The lowest BCUT2D eigenvalue weighted by Crippen LogP contribution is -2.36. The molecule has 1 N–H and O–H groups in total. The van der Waals surface area contributed by atoms with Gasteiger partial charge in [0.25, 0.3) is 0 Å². The molecular formula is C24H29F3N2O4. The zero-order valence-corrected chi connectivity index (χ0v) is 18.6. The third-order valence-corrected chi connectivity index (χ3v) is 5.35. The summed E-state index contributed by atoms with van der Waals surface area (Å²) in [7, 11) is 1.36. The molecule has 2 aromatic carbocycles. The van der Waals surface area contributed by atoms with Crippen LogP contribution in [0, 0.1) is 0 Å². The Morgan fingerprint density at radius 1 is 1.09 bits per heavy atom. The first-order chi connectivity index (χ1) is 15.8. The maximum Gasteiger partial charge on any atom is 0.422 e. The predicted octanol–water partition coefficient (Wildman–Crippen LogP) is 3.72. The summed E-state index contributed by atoms with van der Waals surface area (Å²) in [5.41, 5.74) is 3.03. The fourth-order valence-corrected chi connectivity index (χ4v) is 3.57. The second-order valence-corrected chi connectivity index (χ2v) is 7.82. The van der Waals surface area contributed by atoms with E-state index in [1.54, 1.807) is 12.1 Å². The number of benzene rings is 2. The van der Waals surface area contributed by atoms with Gasteiger partial charge in [0, 0.05) is 32.6 Å². The lowest BCUT2D eigenvalue weighted by atomic mass is 10.1. The van der Waals surface area contributed by atoms with Crippen LogP contribution in [0.4, 0.5) is 13.2 Å². The van der Waals surface area contributed by atoms with Gasteiger partial charge in [0.15, 0.2) is 18.1 Å². The van der Waals surface area contributed by atoms with Gasteiger partial charge >= 0.3 is 6.18 Å². The summed E-state index contributed by atoms with van der Waals surface area (Å²) in [6.45, 7) is 3.12. The van der Waals surface area contributed by atoms with Gasteiger partial charge in [0.1, 0.15) is 0 Å². The third kappa shape index (κ3) is 8.25. The second kappa shape index (κ2) is 11.9. The summed E-state index contributed by atoms with van der Waals surface area (Å²) < 4.78 is 52.5.